The van der Waals surface area contributed by atoms with Crippen LogP contribution in [0.2, 0.25) is 0 Å². The highest BCUT2D eigenvalue weighted by molar-refractivity contribution is 9.10. The number of aliphatic hydroxyl groups is 1. The maximum Gasteiger partial charge on any atom is 0.124 e. The molecule has 3 rings (SSSR count). The van der Waals surface area contributed by atoms with E-state index in [4.69, 9.17) is 0 Å². The van der Waals surface area contributed by atoms with Gasteiger partial charge < -0.3 is 5.11 Å². The summed E-state index contributed by atoms with van der Waals surface area (Å²) in [6.45, 7) is 0. The summed E-state index contributed by atoms with van der Waals surface area (Å²) in [7, 11) is 0. The fraction of sp³-hybridized carbons (Fsp3) is 0.533. The van der Waals surface area contributed by atoms with Crippen molar-refractivity contribution >= 4 is 15.9 Å². The fourth-order valence-electron chi connectivity index (χ4n) is 3.91. The number of benzene rings is 1. The van der Waals surface area contributed by atoms with Crippen molar-refractivity contribution in [2.75, 3.05) is 0 Å². The van der Waals surface area contributed by atoms with Gasteiger partial charge in [-0.25, -0.2) is 4.39 Å². The van der Waals surface area contributed by atoms with Gasteiger partial charge in [-0.1, -0.05) is 28.4 Å². The summed E-state index contributed by atoms with van der Waals surface area (Å²) in [5.41, 5.74) is -0.0704. The summed E-state index contributed by atoms with van der Waals surface area (Å²) in [6.07, 6.45) is 3.16. The molecule has 2 saturated carbocycles. The largest absolute Gasteiger partial charge is 0.387 e. The minimum atomic E-state index is -0.845. The lowest BCUT2D eigenvalue weighted by molar-refractivity contribution is 0.0228. The lowest BCUT2D eigenvalue weighted by atomic mass is 9.68. The number of halogens is 2. The van der Waals surface area contributed by atoms with Crippen molar-refractivity contribution in [2.24, 2.45) is 17.3 Å². The van der Waals surface area contributed by atoms with E-state index in [-0.39, 0.29) is 11.7 Å². The Hall–Kier alpha value is -0.920. The molecule has 2 nitrogen and oxygen atoms in total. The van der Waals surface area contributed by atoms with Crippen LogP contribution in [0.1, 0.15) is 37.4 Å². The number of nitriles is 1. The molecule has 4 heteroatoms. The molecule has 0 saturated heterocycles. The summed E-state index contributed by atoms with van der Waals surface area (Å²) in [4.78, 5) is 0. The zero-order valence-corrected chi connectivity index (χ0v) is 12.0. The lowest BCUT2D eigenvalue weighted by Gasteiger charge is -2.36. The average molecular weight is 324 g/mol. The molecule has 19 heavy (non-hydrogen) atoms. The summed E-state index contributed by atoms with van der Waals surface area (Å²) in [5, 5.41) is 20.3. The van der Waals surface area contributed by atoms with Crippen molar-refractivity contribution < 1.29 is 9.50 Å². The zero-order chi connectivity index (χ0) is 13.6. The quantitative estimate of drug-likeness (QED) is 0.895. The third kappa shape index (κ3) is 1.91. The number of hydrogen-bond acceptors (Lipinski definition) is 2. The van der Waals surface area contributed by atoms with Gasteiger partial charge in [0.15, 0.2) is 0 Å². The summed E-state index contributed by atoms with van der Waals surface area (Å²) in [5.74, 6) is 0.495. The Balaban J connectivity index is 1.99. The van der Waals surface area contributed by atoms with E-state index >= 15 is 0 Å². The molecule has 4 atom stereocenters. The lowest BCUT2D eigenvalue weighted by Crippen LogP contribution is -2.33. The smallest absolute Gasteiger partial charge is 0.124 e. The van der Waals surface area contributed by atoms with Gasteiger partial charge in [0.2, 0.25) is 0 Å². The zero-order valence-electron chi connectivity index (χ0n) is 10.4. The number of rotatable bonds is 2. The molecule has 0 amide bonds. The Morgan fingerprint density at radius 1 is 1.47 bits per heavy atom. The fourth-order valence-corrected chi connectivity index (χ4v) is 4.47. The predicted molar refractivity (Wildman–Crippen MR) is 72.6 cm³/mol. The number of hydrogen-bond donors (Lipinski definition) is 1. The van der Waals surface area contributed by atoms with Crippen molar-refractivity contribution in [3.8, 4) is 6.07 Å². The molecule has 2 bridgehead atoms. The highest BCUT2D eigenvalue weighted by atomic mass is 79.9. The highest BCUT2D eigenvalue weighted by Gasteiger charge is 2.56. The van der Waals surface area contributed by atoms with Crippen LogP contribution < -0.4 is 0 Å². The Labute approximate surface area is 120 Å². The normalized spacial score (nSPS) is 34.2. The second kappa shape index (κ2) is 4.57. The number of aliphatic hydroxyl groups excluding tert-OH is 1. The first-order valence-electron chi connectivity index (χ1n) is 6.61. The van der Waals surface area contributed by atoms with Gasteiger partial charge in [0, 0.05) is 4.47 Å². The molecule has 0 aliphatic heterocycles. The molecule has 0 spiro atoms. The van der Waals surface area contributed by atoms with Crippen LogP contribution in [-0.2, 0) is 0 Å². The molecular formula is C15H15BrFNO. The molecule has 1 aromatic rings. The summed E-state index contributed by atoms with van der Waals surface area (Å²) < 4.78 is 13.7. The molecule has 4 unspecified atom stereocenters. The Morgan fingerprint density at radius 2 is 2.26 bits per heavy atom. The molecule has 0 radical (unpaired) electrons. The van der Waals surface area contributed by atoms with Gasteiger partial charge in [-0.15, -0.1) is 0 Å². The van der Waals surface area contributed by atoms with Crippen molar-refractivity contribution in [1.29, 1.82) is 5.26 Å². The third-order valence-electron chi connectivity index (χ3n) is 4.85. The minimum Gasteiger partial charge on any atom is -0.387 e. The average Bonchev–Trinajstić information content (AvgIpc) is 2.98. The van der Waals surface area contributed by atoms with E-state index in [0.717, 1.165) is 19.3 Å². The first-order valence-corrected chi connectivity index (χ1v) is 7.40. The van der Waals surface area contributed by atoms with Gasteiger partial charge in [-0.3, -0.25) is 0 Å². The summed E-state index contributed by atoms with van der Waals surface area (Å²) in [6, 6.07) is 6.64. The van der Waals surface area contributed by atoms with Crippen molar-refractivity contribution in [2.45, 2.75) is 31.8 Å². The monoisotopic (exact) mass is 323 g/mol. The van der Waals surface area contributed by atoms with Crippen LogP contribution in [0, 0.1) is 34.4 Å². The second-order valence-electron chi connectivity index (χ2n) is 5.80. The minimum absolute atomic E-state index is 0.273. The molecule has 0 aromatic heterocycles. The first-order chi connectivity index (χ1) is 9.06. The molecule has 100 valence electrons. The van der Waals surface area contributed by atoms with Gasteiger partial charge in [0.25, 0.3) is 0 Å². The van der Waals surface area contributed by atoms with Crippen LogP contribution >= 0.6 is 15.9 Å². The Bertz CT molecular complexity index is 556. The standard InChI is InChI=1S/C15H15BrFNO/c16-13-6-11(17)3-4-12(13)14(19)15(8-18)7-9-1-2-10(15)5-9/h3-4,6,9-10,14,19H,1-2,5,7H2. The first kappa shape index (κ1) is 13.1. The molecule has 2 aliphatic rings. The highest BCUT2D eigenvalue weighted by Crippen LogP contribution is 2.61. The maximum atomic E-state index is 13.1. The van der Waals surface area contributed by atoms with E-state index in [2.05, 4.69) is 22.0 Å². The van der Waals surface area contributed by atoms with E-state index in [1.165, 1.54) is 18.6 Å². The van der Waals surface area contributed by atoms with E-state index in [9.17, 15) is 14.8 Å². The summed E-state index contributed by atoms with van der Waals surface area (Å²) >= 11 is 3.29. The molecule has 2 aliphatic carbocycles. The molecule has 0 heterocycles. The van der Waals surface area contributed by atoms with Crippen molar-refractivity contribution in [1.82, 2.24) is 0 Å². The number of fused-ring (bicyclic) bond motifs is 2. The van der Waals surface area contributed by atoms with Crippen LogP contribution in [-0.4, -0.2) is 5.11 Å². The molecule has 2 fully saturated rings. The van der Waals surface area contributed by atoms with Gasteiger partial charge in [-0.05, 0) is 48.8 Å². The maximum absolute atomic E-state index is 13.1. The van der Waals surface area contributed by atoms with E-state index < -0.39 is 11.5 Å². The SMILES string of the molecule is N#CC1(C(O)c2ccc(F)cc2Br)CC2CCC1C2. The molecular weight excluding hydrogens is 309 g/mol. The van der Waals surface area contributed by atoms with Gasteiger partial charge in [-0.2, -0.15) is 5.26 Å². The van der Waals surface area contributed by atoms with E-state index in [1.54, 1.807) is 6.07 Å². The van der Waals surface area contributed by atoms with Crippen molar-refractivity contribution in [3.63, 3.8) is 0 Å². The number of nitrogens with zero attached hydrogens (tertiary/aromatic N) is 1. The topological polar surface area (TPSA) is 44.0 Å². The van der Waals surface area contributed by atoms with Crippen molar-refractivity contribution in [3.05, 3.63) is 34.1 Å². The third-order valence-corrected chi connectivity index (χ3v) is 5.54. The van der Waals surface area contributed by atoms with Crippen LogP contribution in [0.3, 0.4) is 0 Å². The van der Waals surface area contributed by atoms with Crippen LogP contribution in [0.15, 0.2) is 22.7 Å². The molecule has 1 N–H and O–H groups in total. The van der Waals surface area contributed by atoms with Gasteiger partial charge in [0.1, 0.15) is 5.82 Å². The molecule has 1 aromatic carbocycles. The Morgan fingerprint density at radius 3 is 2.79 bits per heavy atom. The van der Waals surface area contributed by atoms with Gasteiger partial charge >= 0.3 is 0 Å². The predicted octanol–water partition coefficient (Wildman–Crippen LogP) is 3.95. The van der Waals surface area contributed by atoms with E-state index in [1.807, 2.05) is 0 Å². The Kier molecular flexibility index (Phi) is 3.15. The van der Waals surface area contributed by atoms with Gasteiger partial charge in [0.05, 0.1) is 17.6 Å². The van der Waals surface area contributed by atoms with Crippen LogP contribution in [0.25, 0.3) is 0 Å². The second-order valence-corrected chi connectivity index (χ2v) is 6.66. The van der Waals surface area contributed by atoms with Crippen LogP contribution in [0.4, 0.5) is 4.39 Å². The van der Waals surface area contributed by atoms with E-state index in [0.29, 0.717) is 16.0 Å². The van der Waals surface area contributed by atoms with Crippen LogP contribution in [0.5, 0.6) is 0 Å².